The van der Waals surface area contributed by atoms with Gasteiger partial charge < -0.3 is 15.9 Å². The van der Waals surface area contributed by atoms with Gasteiger partial charge in [-0.25, -0.2) is 0 Å². The maximum Gasteiger partial charge on any atom is 0.320 e. The van der Waals surface area contributed by atoms with E-state index >= 15 is 0 Å². The molecule has 0 bridgehead atoms. The third kappa shape index (κ3) is 3.95. The summed E-state index contributed by atoms with van der Waals surface area (Å²) >= 11 is 0. The zero-order chi connectivity index (χ0) is 8.85. The number of nitrogens with two attached hydrogens (primary N) is 1. The van der Waals surface area contributed by atoms with Crippen molar-refractivity contribution in [3.8, 4) is 0 Å². The summed E-state index contributed by atoms with van der Waals surface area (Å²) in [7, 11) is 0. The van der Waals surface area contributed by atoms with Gasteiger partial charge >= 0.3 is 5.97 Å². The summed E-state index contributed by atoms with van der Waals surface area (Å²) in [4.78, 5) is 10.3. The van der Waals surface area contributed by atoms with Crippen LogP contribution in [0.1, 0.15) is 19.8 Å². The number of carbonyl (C=O) groups is 1. The van der Waals surface area contributed by atoms with Crippen LogP contribution >= 0.6 is 0 Å². The minimum atomic E-state index is -0.976. The molecule has 0 fully saturated rings. The number of rotatable bonds is 5. The van der Waals surface area contributed by atoms with E-state index in [4.69, 9.17) is 15.9 Å². The van der Waals surface area contributed by atoms with Crippen LogP contribution in [-0.4, -0.2) is 28.8 Å². The zero-order valence-corrected chi connectivity index (χ0v) is 6.66. The maximum atomic E-state index is 10.3. The second kappa shape index (κ2) is 5.09. The predicted molar refractivity (Wildman–Crippen MR) is 41.1 cm³/mol. The van der Waals surface area contributed by atoms with E-state index < -0.39 is 12.0 Å². The molecule has 0 aromatic heterocycles. The highest BCUT2D eigenvalue weighted by atomic mass is 16.4. The number of aliphatic hydroxyl groups is 1. The molecule has 4 heteroatoms. The third-order valence-electron chi connectivity index (χ3n) is 1.72. The van der Waals surface area contributed by atoms with Crippen LogP contribution < -0.4 is 5.73 Å². The summed E-state index contributed by atoms with van der Waals surface area (Å²) in [6.45, 7) is 1.87. The van der Waals surface area contributed by atoms with Crippen molar-refractivity contribution >= 4 is 5.97 Å². The molecule has 0 saturated heterocycles. The van der Waals surface area contributed by atoms with E-state index in [2.05, 4.69) is 0 Å². The molecule has 0 heterocycles. The fraction of sp³-hybridized carbons (Fsp3) is 0.857. The molecule has 0 aliphatic carbocycles. The van der Waals surface area contributed by atoms with E-state index in [1.807, 2.05) is 0 Å². The lowest BCUT2D eigenvalue weighted by Gasteiger charge is -2.14. The highest BCUT2D eigenvalue weighted by Gasteiger charge is 2.18. The van der Waals surface area contributed by atoms with Crippen molar-refractivity contribution in [1.82, 2.24) is 0 Å². The quantitative estimate of drug-likeness (QED) is 0.521. The Morgan fingerprint density at radius 3 is 2.55 bits per heavy atom. The van der Waals surface area contributed by atoms with Crippen LogP contribution in [0.3, 0.4) is 0 Å². The molecular formula is C7H15NO3. The van der Waals surface area contributed by atoms with Crippen molar-refractivity contribution in [2.45, 2.75) is 25.8 Å². The number of hydrogen-bond acceptors (Lipinski definition) is 3. The first-order chi connectivity index (χ1) is 5.09. The van der Waals surface area contributed by atoms with E-state index in [1.165, 1.54) is 0 Å². The van der Waals surface area contributed by atoms with Crippen LogP contribution in [0.4, 0.5) is 0 Å². The van der Waals surface area contributed by atoms with E-state index in [0.29, 0.717) is 12.8 Å². The minimum absolute atomic E-state index is 0.0698. The summed E-state index contributed by atoms with van der Waals surface area (Å²) in [5.41, 5.74) is 5.32. The Morgan fingerprint density at radius 2 is 2.18 bits per heavy atom. The van der Waals surface area contributed by atoms with Gasteiger partial charge in [0.1, 0.15) is 6.04 Å². The molecule has 0 spiro atoms. The SMILES string of the molecule is CC(CCCO)[C@H](N)C(=O)O. The van der Waals surface area contributed by atoms with Gasteiger partial charge in [-0.2, -0.15) is 0 Å². The lowest BCUT2D eigenvalue weighted by atomic mass is 9.98. The fourth-order valence-electron chi connectivity index (χ4n) is 0.836. The molecule has 66 valence electrons. The summed E-state index contributed by atoms with van der Waals surface area (Å²) < 4.78 is 0. The van der Waals surface area contributed by atoms with Crippen molar-refractivity contribution in [2.24, 2.45) is 11.7 Å². The molecule has 2 atom stereocenters. The first-order valence-corrected chi connectivity index (χ1v) is 3.68. The Labute approximate surface area is 66.0 Å². The average molecular weight is 161 g/mol. The molecule has 1 unspecified atom stereocenters. The molecule has 0 aromatic carbocycles. The van der Waals surface area contributed by atoms with Crippen LogP contribution in [-0.2, 0) is 4.79 Å². The smallest absolute Gasteiger partial charge is 0.320 e. The number of hydrogen-bond donors (Lipinski definition) is 3. The van der Waals surface area contributed by atoms with Gasteiger partial charge in [-0.15, -0.1) is 0 Å². The lowest BCUT2D eigenvalue weighted by Crippen LogP contribution is -2.36. The predicted octanol–water partition coefficient (Wildman–Crippen LogP) is -0.193. The number of aliphatic carboxylic acids is 1. The van der Waals surface area contributed by atoms with E-state index in [9.17, 15) is 4.79 Å². The summed E-state index contributed by atoms with van der Waals surface area (Å²) in [5, 5.41) is 16.9. The van der Waals surface area contributed by atoms with Gasteiger partial charge in [0.25, 0.3) is 0 Å². The van der Waals surface area contributed by atoms with Crippen molar-refractivity contribution in [3.63, 3.8) is 0 Å². The molecule has 0 radical (unpaired) electrons. The van der Waals surface area contributed by atoms with Gasteiger partial charge in [-0.05, 0) is 18.8 Å². The standard InChI is InChI=1S/C7H15NO3/c1-5(3-2-4-9)6(8)7(10)11/h5-6,9H,2-4,8H2,1H3,(H,10,11)/t5?,6-/m0/s1. The van der Waals surface area contributed by atoms with Crippen molar-refractivity contribution in [3.05, 3.63) is 0 Å². The van der Waals surface area contributed by atoms with Gasteiger partial charge in [0.2, 0.25) is 0 Å². The second-order valence-electron chi connectivity index (χ2n) is 2.71. The monoisotopic (exact) mass is 161 g/mol. The van der Waals surface area contributed by atoms with E-state index in [-0.39, 0.29) is 12.5 Å². The highest BCUT2D eigenvalue weighted by Crippen LogP contribution is 2.08. The molecule has 0 aliphatic heterocycles. The molecule has 0 rings (SSSR count). The topological polar surface area (TPSA) is 83.5 Å². The Hall–Kier alpha value is -0.610. The largest absolute Gasteiger partial charge is 0.480 e. The van der Waals surface area contributed by atoms with Gasteiger partial charge in [-0.3, -0.25) is 4.79 Å². The lowest BCUT2D eigenvalue weighted by molar-refractivity contribution is -0.139. The van der Waals surface area contributed by atoms with E-state index in [0.717, 1.165) is 0 Å². The Balaban J connectivity index is 3.63. The molecule has 0 aliphatic rings. The number of carboxylic acid groups (broad SMARTS) is 1. The van der Waals surface area contributed by atoms with Gasteiger partial charge in [0, 0.05) is 6.61 Å². The van der Waals surface area contributed by atoms with E-state index in [1.54, 1.807) is 6.92 Å². The fourth-order valence-corrected chi connectivity index (χ4v) is 0.836. The Kier molecular flexibility index (Phi) is 4.81. The first-order valence-electron chi connectivity index (χ1n) is 3.68. The summed E-state index contributed by atoms with van der Waals surface area (Å²) in [6.07, 6.45) is 1.27. The molecule has 4 N–H and O–H groups in total. The van der Waals surface area contributed by atoms with Crippen LogP contribution in [0.25, 0.3) is 0 Å². The molecule has 4 nitrogen and oxygen atoms in total. The number of aliphatic hydroxyl groups excluding tert-OH is 1. The number of carboxylic acids is 1. The van der Waals surface area contributed by atoms with Crippen LogP contribution in [0.5, 0.6) is 0 Å². The molecular weight excluding hydrogens is 146 g/mol. The normalized spacial score (nSPS) is 15.9. The summed E-state index contributed by atoms with van der Waals surface area (Å²) in [5.74, 6) is -1.05. The van der Waals surface area contributed by atoms with Gasteiger partial charge in [0.15, 0.2) is 0 Å². The molecule has 0 amide bonds. The first kappa shape index (κ1) is 10.4. The van der Waals surface area contributed by atoms with Gasteiger partial charge in [-0.1, -0.05) is 6.92 Å². The second-order valence-corrected chi connectivity index (χ2v) is 2.71. The van der Waals surface area contributed by atoms with Crippen LogP contribution in [0, 0.1) is 5.92 Å². The van der Waals surface area contributed by atoms with Crippen molar-refractivity contribution in [1.29, 1.82) is 0 Å². The maximum absolute atomic E-state index is 10.3. The van der Waals surface area contributed by atoms with Crippen molar-refractivity contribution in [2.75, 3.05) is 6.61 Å². The molecule has 11 heavy (non-hydrogen) atoms. The third-order valence-corrected chi connectivity index (χ3v) is 1.72. The minimum Gasteiger partial charge on any atom is -0.480 e. The highest BCUT2D eigenvalue weighted by molar-refractivity contribution is 5.73. The average Bonchev–Trinajstić information content (AvgIpc) is 1.98. The van der Waals surface area contributed by atoms with Gasteiger partial charge in [0.05, 0.1) is 0 Å². The molecule has 0 aromatic rings. The van der Waals surface area contributed by atoms with Crippen LogP contribution in [0.15, 0.2) is 0 Å². The zero-order valence-electron chi connectivity index (χ0n) is 6.66. The summed E-state index contributed by atoms with van der Waals surface area (Å²) in [6, 6.07) is -0.804. The molecule has 0 saturated carbocycles. The Bertz CT molecular complexity index is 127. The Morgan fingerprint density at radius 1 is 1.64 bits per heavy atom. The van der Waals surface area contributed by atoms with Crippen LogP contribution in [0.2, 0.25) is 0 Å². The van der Waals surface area contributed by atoms with Crippen molar-refractivity contribution < 1.29 is 15.0 Å².